The molecule has 1 amide bonds. The van der Waals surface area contributed by atoms with E-state index in [0.29, 0.717) is 11.4 Å². The number of aryl methyl sites for hydroxylation is 1. The molecule has 5 heteroatoms. The van der Waals surface area contributed by atoms with Crippen molar-refractivity contribution in [1.82, 2.24) is 9.78 Å². The Bertz CT molecular complexity index is 1150. The molecule has 4 aromatic rings. The molecule has 0 radical (unpaired) electrons. The summed E-state index contributed by atoms with van der Waals surface area (Å²) in [6, 6.07) is 27.5. The Balaban J connectivity index is 1.48. The highest BCUT2D eigenvalue weighted by Gasteiger charge is 2.16. The van der Waals surface area contributed by atoms with Gasteiger partial charge in [-0.3, -0.25) is 4.79 Å². The molecular weight excluding hydrogens is 374 g/mol. The molecule has 0 aliphatic rings. The van der Waals surface area contributed by atoms with E-state index in [1.807, 2.05) is 103 Å². The molecule has 3 aromatic carbocycles. The van der Waals surface area contributed by atoms with E-state index in [9.17, 15) is 4.79 Å². The summed E-state index contributed by atoms with van der Waals surface area (Å²) < 4.78 is 7.69. The highest BCUT2D eigenvalue weighted by molar-refractivity contribution is 5.93. The Hall–Kier alpha value is -3.86. The minimum absolute atomic E-state index is 0.0841. The molecule has 1 N–H and O–H groups in total. The second-order valence-corrected chi connectivity index (χ2v) is 6.99. The third-order valence-corrected chi connectivity index (χ3v) is 4.89. The number of nitrogens with one attached hydrogen (secondary N) is 1. The second kappa shape index (κ2) is 8.66. The summed E-state index contributed by atoms with van der Waals surface area (Å²) in [6.45, 7) is 3.74. The van der Waals surface area contributed by atoms with E-state index < -0.39 is 0 Å². The van der Waals surface area contributed by atoms with Crippen LogP contribution in [-0.2, 0) is 4.79 Å². The van der Waals surface area contributed by atoms with E-state index in [4.69, 9.17) is 4.74 Å². The van der Waals surface area contributed by atoms with Crippen molar-refractivity contribution < 1.29 is 9.53 Å². The lowest BCUT2D eigenvalue weighted by molar-refractivity contribution is -0.118. The van der Waals surface area contributed by atoms with Crippen LogP contribution in [0.15, 0.2) is 84.9 Å². The van der Waals surface area contributed by atoms with Crippen molar-refractivity contribution in [2.45, 2.75) is 13.8 Å². The molecular formula is C25H23N3O2. The molecule has 0 saturated carbocycles. The van der Waals surface area contributed by atoms with Gasteiger partial charge in [0.2, 0.25) is 0 Å². The normalized spacial score (nSPS) is 10.6. The zero-order valence-electron chi connectivity index (χ0n) is 17.0. The van der Waals surface area contributed by atoms with Gasteiger partial charge in [0.15, 0.2) is 6.61 Å². The fourth-order valence-electron chi connectivity index (χ4n) is 3.41. The number of amides is 1. The lowest BCUT2D eigenvalue weighted by atomic mass is 10.1. The quantitative estimate of drug-likeness (QED) is 0.488. The van der Waals surface area contributed by atoms with Gasteiger partial charge in [-0.1, -0.05) is 66.7 Å². The van der Waals surface area contributed by atoms with Gasteiger partial charge in [-0.15, -0.1) is 0 Å². The first kappa shape index (κ1) is 19.5. The number of para-hydroxylation sites is 2. The van der Waals surface area contributed by atoms with Gasteiger partial charge in [0.25, 0.3) is 5.91 Å². The van der Waals surface area contributed by atoms with Crippen LogP contribution in [0, 0.1) is 13.8 Å². The average molecular weight is 397 g/mol. The van der Waals surface area contributed by atoms with E-state index in [-0.39, 0.29) is 12.5 Å². The predicted octanol–water partition coefficient (Wildman–Crippen LogP) is 5.17. The molecule has 4 rings (SSSR count). The number of carbonyl (C=O) groups is 1. The predicted molar refractivity (Wildman–Crippen MR) is 119 cm³/mol. The van der Waals surface area contributed by atoms with Gasteiger partial charge >= 0.3 is 0 Å². The number of aromatic nitrogens is 2. The molecule has 0 aliphatic heterocycles. The first-order valence-corrected chi connectivity index (χ1v) is 9.82. The SMILES string of the molecule is Cc1nn(-c2ccccc2)c(C)c1NC(=O)COc1ccccc1-c1ccccc1. The summed E-state index contributed by atoms with van der Waals surface area (Å²) in [6.07, 6.45) is 0. The smallest absolute Gasteiger partial charge is 0.262 e. The van der Waals surface area contributed by atoms with Gasteiger partial charge in [-0.25, -0.2) is 4.68 Å². The minimum atomic E-state index is -0.225. The molecule has 1 heterocycles. The summed E-state index contributed by atoms with van der Waals surface area (Å²) >= 11 is 0. The standard InChI is InChI=1S/C25H23N3O2/c1-18-25(19(2)28(27-18)21-13-7-4-8-14-21)26-24(29)17-30-23-16-10-9-15-22(23)20-11-5-3-6-12-20/h3-16H,17H2,1-2H3,(H,26,29). The van der Waals surface area contributed by atoms with Gasteiger partial charge in [-0.05, 0) is 37.6 Å². The van der Waals surface area contributed by atoms with Crippen molar-refractivity contribution in [3.8, 4) is 22.6 Å². The molecule has 0 spiro atoms. The van der Waals surface area contributed by atoms with Crippen LogP contribution in [0.1, 0.15) is 11.4 Å². The van der Waals surface area contributed by atoms with Crippen LogP contribution < -0.4 is 10.1 Å². The van der Waals surface area contributed by atoms with Crippen LogP contribution in [0.4, 0.5) is 5.69 Å². The third kappa shape index (κ3) is 4.10. The molecule has 0 fully saturated rings. The van der Waals surface area contributed by atoms with E-state index in [1.54, 1.807) is 0 Å². The maximum Gasteiger partial charge on any atom is 0.262 e. The number of benzene rings is 3. The fraction of sp³-hybridized carbons (Fsp3) is 0.120. The first-order chi connectivity index (χ1) is 14.6. The molecule has 0 unspecified atom stereocenters. The van der Waals surface area contributed by atoms with Crippen molar-refractivity contribution in [2.24, 2.45) is 0 Å². The first-order valence-electron chi connectivity index (χ1n) is 9.82. The maximum atomic E-state index is 12.6. The Morgan fingerprint density at radius 2 is 1.53 bits per heavy atom. The fourth-order valence-corrected chi connectivity index (χ4v) is 3.41. The summed E-state index contributed by atoms with van der Waals surface area (Å²) in [7, 11) is 0. The molecule has 150 valence electrons. The van der Waals surface area contributed by atoms with Crippen LogP contribution in [0.5, 0.6) is 5.75 Å². The number of ether oxygens (including phenoxy) is 1. The summed E-state index contributed by atoms with van der Waals surface area (Å²) in [5, 5.41) is 7.52. The zero-order valence-corrected chi connectivity index (χ0v) is 17.0. The molecule has 30 heavy (non-hydrogen) atoms. The summed E-state index contributed by atoms with van der Waals surface area (Å²) in [5.74, 6) is 0.448. The average Bonchev–Trinajstić information content (AvgIpc) is 3.07. The largest absolute Gasteiger partial charge is 0.483 e. The lowest BCUT2D eigenvalue weighted by Gasteiger charge is -2.12. The Labute approximate surface area is 175 Å². The molecule has 0 saturated heterocycles. The summed E-state index contributed by atoms with van der Waals surface area (Å²) in [4.78, 5) is 12.6. The Kier molecular flexibility index (Phi) is 5.61. The van der Waals surface area contributed by atoms with E-state index in [2.05, 4.69) is 10.4 Å². The van der Waals surface area contributed by atoms with E-state index in [1.165, 1.54) is 0 Å². The number of hydrogen-bond donors (Lipinski definition) is 1. The topological polar surface area (TPSA) is 56.2 Å². The maximum absolute atomic E-state index is 12.6. The van der Waals surface area contributed by atoms with Gasteiger partial charge in [0.1, 0.15) is 5.75 Å². The number of rotatable bonds is 6. The third-order valence-electron chi connectivity index (χ3n) is 4.89. The molecule has 0 aliphatic carbocycles. The number of hydrogen-bond acceptors (Lipinski definition) is 3. The summed E-state index contributed by atoms with van der Waals surface area (Å²) in [5.41, 5.74) is 5.29. The van der Waals surface area contributed by atoms with Crippen molar-refractivity contribution in [1.29, 1.82) is 0 Å². The van der Waals surface area contributed by atoms with Crippen molar-refractivity contribution in [2.75, 3.05) is 11.9 Å². The van der Waals surface area contributed by atoms with Crippen LogP contribution in [-0.4, -0.2) is 22.3 Å². The monoisotopic (exact) mass is 397 g/mol. The van der Waals surface area contributed by atoms with Crippen LogP contribution >= 0.6 is 0 Å². The van der Waals surface area contributed by atoms with Crippen molar-refractivity contribution in [3.63, 3.8) is 0 Å². The minimum Gasteiger partial charge on any atom is -0.483 e. The van der Waals surface area contributed by atoms with Crippen LogP contribution in [0.3, 0.4) is 0 Å². The van der Waals surface area contributed by atoms with Gasteiger partial charge in [0.05, 0.1) is 22.8 Å². The number of nitrogens with zero attached hydrogens (tertiary/aromatic N) is 2. The van der Waals surface area contributed by atoms with Gasteiger partial charge < -0.3 is 10.1 Å². The van der Waals surface area contributed by atoms with Crippen molar-refractivity contribution in [3.05, 3.63) is 96.3 Å². The van der Waals surface area contributed by atoms with E-state index in [0.717, 1.165) is 28.2 Å². The zero-order chi connectivity index (χ0) is 20.9. The lowest BCUT2D eigenvalue weighted by Crippen LogP contribution is -2.21. The Morgan fingerprint density at radius 1 is 0.900 bits per heavy atom. The van der Waals surface area contributed by atoms with Crippen LogP contribution in [0.25, 0.3) is 16.8 Å². The van der Waals surface area contributed by atoms with Crippen molar-refractivity contribution >= 4 is 11.6 Å². The second-order valence-electron chi connectivity index (χ2n) is 6.99. The molecule has 0 atom stereocenters. The van der Waals surface area contributed by atoms with Crippen LogP contribution in [0.2, 0.25) is 0 Å². The molecule has 0 bridgehead atoms. The van der Waals surface area contributed by atoms with E-state index >= 15 is 0 Å². The molecule has 5 nitrogen and oxygen atoms in total. The van der Waals surface area contributed by atoms with Gasteiger partial charge in [0, 0.05) is 5.56 Å². The molecule has 1 aromatic heterocycles. The number of anilines is 1. The highest BCUT2D eigenvalue weighted by atomic mass is 16.5. The number of carbonyl (C=O) groups excluding carboxylic acids is 1. The Morgan fingerprint density at radius 3 is 2.27 bits per heavy atom. The highest BCUT2D eigenvalue weighted by Crippen LogP contribution is 2.29. The van der Waals surface area contributed by atoms with Gasteiger partial charge in [-0.2, -0.15) is 5.10 Å².